The number of nitrogens with zero attached hydrogens (tertiary/aromatic N) is 4. The fourth-order valence-corrected chi connectivity index (χ4v) is 6.35. The SMILES string of the molecule is COC(=O)C1=C(CN2CC(F)(F)[C@H]3[C@@H]2CCN3CCC(C)(C)C(=O)O)NC(c2ncoc2C)=N[C@H]1c1ccc(F)cc1Cl. The highest BCUT2D eigenvalue weighted by molar-refractivity contribution is 6.31. The molecule has 2 aromatic rings. The number of oxazole rings is 1. The Kier molecular flexibility index (Phi) is 8.36. The Balaban J connectivity index is 1.51. The summed E-state index contributed by atoms with van der Waals surface area (Å²) < 4.78 is 55.6. The zero-order valence-electron chi connectivity index (χ0n) is 24.2. The molecule has 0 spiro atoms. The molecule has 2 N–H and O–H groups in total. The number of amidine groups is 1. The number of methoxy groups -OCH3 is 1. The van der Waals surface area contributed by atoms with Gasteiger partial charge in [-0.3, -0.25) is 19.6 Å². The number of hydrogen-bond donors (Lipinski definition) is 2. The van der Waals surface area contributed by atoms with Crippen LogP contribution >= 0.6 is 11.6 Å². The highest BCUT2D eigenvalue weighted by atomic mass is 35.5. The molecule has 3 aliphatic heterocycles. The normalized spacial score (nSPS) is 24.1. The summed E-state index contributed by atoms with van der Waals surface area (Å²) >= 11 is 6.42. The molecule has 3 atom stereocenters. The minimum absolute atomic E-state index is 0.0242. The van der Waals surface area contributed by atoms with Crippen LogP contribution in [-0.2, 0) is 14.3 Å². The van der Waals surface area contributed by atoms with Crippen molar-refractivity contribution in [2.45, 2.75) is 57.7 Å². The van der Waals surface area contributed by atoms with Crippen molar-refractivity contribution < 1.29 is 37.0 Å². The van der Waals surface area contributed by atoms with Crippen LogP contribution in [0.3, 0.4) is 0 Å². The lowest BCUT2D eigenvalue weighted by Crippen LogP contribution is -2.46. The smallest absolute Gasteiger partial charge is 0.338 e. The molecule has 4 heterocycles. The average molecular weight is 624 g/mol. The predicted octanol–water partition coefficient (Wildman–Crippen LogP) is 4.19. The molecule has 0 bridgehead atoms. The Labute approximate surface area is 251 Å². The monoisotopic (exact) mass is 623 g/mol. The minimum atomic E-state index is -3.09. The highest BCUT2D eigenvalue weighted by Crippen LogP contribution is 2.43. The molecule has 1 aromatic carbocycles. The van der Waals surface area contributed by atoms with Crippen LogP contribution in [0.25, 0.3) is 0 Å². The summed E-state index contributed by atoms with van der Waals surface area (Å²) in [5.41, 5.74) is -0.0673. The number of carbonyl (C=O) groups is 2. The van der Waals surface area contributed by atoms with Crippen molar-refractivity contribution in [1.82, 2.24) is 20.1 Å². The number of benzene rings is 1. The molecule has 0 unspecified atom stereocenters. The quantitative estimate of drug-likeness (QED) is 0.396. The molecular weight excluding hydrogens is 591 g/mol. The summed E-state index contributed by atoms with van der Waals surface area (Å²) in [5.74, 6) is -4.74. The van der Waals surface area contributed by atoms with Gasteiger partial charge in [-0.05, 0) is 52.3 Å². The lowest BCUT2D eigenvalue weighted by Gasteiger charge is -2.31. The number of aryl methyl sites for hydroxylation is 1. The zero-order valence-corrected chi connectivity index (χ0v) is 24.9. The van der Waals surface area contributed by atoms with E-state index in [9.17, 15) is 19.1 Å². The van der Waals surface area contributed by atoms with Crippen molar-refractivity contribution in [3.8, 4) is 0 Å². The first kappa shape index (κ1) is 31.0. The van der Waals surface area contributed by atoms with Crippen LogP contribution in [0.5, 0.6) is 0 Å². The number of aliphatic imine (C=N–C) groups is 1. The van der Waals surface area contributed by atoms with E-state index in [0.717, 1.165) is 6.07 Å². The summed E-state index contributed by atoms with van der Waals surface area (Å²) in [6, 6.07) is 0.988. The summed E-state index contributed by atoms with van der Waals surface area (Å²) in [6.45, 7) is 4.78. The third kappa shape index (κ3) is 5.89. The third-order valence-electron chi connectivity index (χ3n) is 8.51. The molecule has 5 rings (SSSR count). The van der Waals surface area contributed by atoms with Gasteiger partial charge in [-0.15, -0.1) is 0 Å². The van der Waals surface area contributed by atoms with Gasteiger partial charge in [0.05, 0.1) is 30.7 Å². The lowest BCUT2D eigenvalue weighted by atomic mass is 9.89. The number of halogens is 4. The van der Waals surface area contributed by atoms with Crippen molar-refractivity contribution >= 4 is 29.4 Å². The predicted molar refractivity (Wildman–Crippen MR) is 150 cm³/mol. The second-order valence-corrected chi connectivity index (χ2v) is 12.2. The topological polar surface area (TPSA) is 120 Å². The molecule has 0 saturated carbocycles. The fourth-order valence-electron chi connectivity index (χ4n) is 6.08. The van der Waals surface area contributed by atoms with Crippen LogP contribution in [0.4, 0.5) is 13.2 Å². The number of hydrogen-bond acceptors (Lipinski definition) is 9. The molecule has 3 aliphatic rings. The van der Waals surface area contributed by atoms with Gasteiger partial charge in [-0.2, -0.15) is 0 Å². The summed E-state index contributed by atoms with van der Waals surface area (Å²) in [7, 11) is 1.20. The molecule has 0 aliphatic carbocycles. The second kappa shape index (κ2) is 11.6. The Bertz CT molecular complexity index is 1490. The minimum Gasteiger partial charge on any atom is -0.481 e. The second-order valence-electron chi connectivity index (χ2n) is 11.8. The van der Waals surface area contributed by atoms with Gasteiger partial charge in [0.15, 0.2) is 12.2 Å². The van der Waals surface area contributed by atoms with Gasteiger partial charge in [-0.1, -0.05) is 17.7 Å². The Hall–Kier alpha value is -3.42. The van der Waals surface area contributed by atoms with Gasteiger partial charge >= 0.3 is 11.9 Å². The molecule has 2 fully saturated rings. The van der Waals surface area contributed by atoms with Gasteiger partial charge in [0.25, 0.3) is 5.92 Å². The molecule has 1 aromatic heterocycles. The van der Waals surface area contributed by atoms with E-state index >= 15 is 8.78 Å². The number of carbonyl (C=O) groups excluding carboxylic acids is 1. The van der Waals surface area contributed by atoms with Crippen molar-refractivity contribution in [3.05, 3.63) is 63.7 Å². The van der Waals surface area contributed by atoms with Crippen LogP contribution in [0.2, 0.25) is 5.02 Å². The first-order chi connectivity index (χ1) is 20.2. The van der Waals surface area contributed by atoms with Gasteiger partial charge in [0.2, 0.25) is 0 Å². The van der Waals surface area contributed by atoms with Crippen LogP contribution < -0.4 is 5.32 Å². The fraction of sp³-hybridized carbons (Fsp3) is 0.517. The molecule has 2 saturated heterocycles. The Morgan fingerprint density at radius 3 is 2.67 bits per heavy atom. The van der Waals surface area contributed by atoms with Crippen molar-refractivity contribution in [3.63, 3.8) is 0 Å². The molecule has 10 nitrogen and oxygen atoms in total. The number of nitrogens with one attached hydrogen (secondary N) is 1. The molecule has 0 radical (unpaired) electrons. The Morgan fingerprint density at radius 1 is 1.30 bits per heavy atom. The number of carboxylic acids is 1. The third-order valence-corrected chi connectivity index (χ3v) is 8.83. The number of fused-ring (bicyclic) bond motifs is 1. The van der Waals surface area contributed by atoms with E-state index in [1.807, 2.05) is 0 Å². The largest absolute Gasteiger partial charge is 0.481 e. The van der Waals surface area contributed by atoms with Gasteiger partial charge in [0, 0.05) is 35.4 Å². The van der Waals surface area contributed by atoms with Gasteiger partial charge in [0.1, 0.15) is 23.3 Å². The summed E-state index contributed by atoms with van der Waals surface area (Å²) in [6.07, 6.45) is 1.89. The van der Waals surface area contributed by atoms with E-state index < -0.39 is 53.8 Å². The lowest BCUT2D eigenvalue weighted by molar-refractivity contribution is -0.147. The van der Waals surface area contributed by atoms with E-state index in [1.165, 1.54) is 25.6 Å². The number of esters is 1. The first-order valence-electron chi connectivity index (χ1n) is 13.8. The number of ether oxygens (including phenoxy) is 1. The van der Waals surface area contributed by atoms with Crippen molar-refractivity contribution in [2.24, 2.45) is 10.4 Å². The number of aliphatic carboxylic acids is 1. The number of rotatable bonds is 9. The summed E-state index contributed by atoms with van der Waals surface area (Å²) in [5, 5.41) is 12.6. The molecule has 232 valence electrons. The van der Waals surface area contributed by atoms with E-state index in [1.54, 1.807) is 30.6 Å². The molecular formula is C29H33ClF3N5O5. The maximum atomic E-state index is 15.6. The van der Waals surface area contributed by atoms with E-state index in [0.29, 0.717) is 30.0 Å². The van der Waals surface area contributed by atoms with Crippen molar-refractivity contribution in [2.75, 3.05) is 33.3 Å². The summed E-state index contributed by atoms with van der Waals surface area (Å²) in [4.78, 5) is 37.1. The van der Waals surface area contributed by atoms with Crippen LogP contribution in [0.15, 0.2) is 45.3 Å². The van der Waals surface area contributed by atoms with E-state index in [4.69, 9.17) is 20.8 Å². The van der Waals surface area contributed by atoms with Gasteiger partial charge in [-0.25, -0.2) is 22.9 Å². The van der Waals surface area contributed by atoms with E-state index in [2.05, 4.69) is 15.3 Å². The molecule has 0 amide bonds. The maximum absolute atomic E-state index is 15.6. The van der Waals surface area contributed by atoms with Crippen molar-refractivity contribution in [1.29, 1.82) is 0 Å². The standard InChI is InChI=1S/C29H33ClF3N5O5/c1-15-22(34-14-43-15)25-35-19(21(26(39)42-4)23(36-25)17-6-5-16(31)11-18(17)30)12-38-13-29(32,33)24-20(38)7-9-37(24)10-8-28(2,3)27(40)41/h5-6,11,14,20,23-24H,7-10,12-13H2,1-4H3,(H,35,36)(H,40,41)/t20-,23-,24+/m0/s1. The van der Waals surface area contributed by atoms with E-state index in [-0.39, 0.29) is 41.6 Å². The first-order valence-corrected chi connectivity index (χ1v) is 14.2. The number of likely N-dealkylation sites (tertiary alicyclic amines) is 2. The highest BCUT2D eigenvalue weighted by Gasteiger charge is 2.59. The Morgan fingerprint density at radius 2 is 2.05 bits per heavy atom. The molecule has 43 heavy (non-hydrogen) atoms. The molecule has 14 heteroatoms. The van der Waals surface area contributed by atoms with Crippen LogP contribution in [0.1, 0.15) is 49.7 Å². The van der Waals surface area contributed by atoms with Crippen LogP contribution in [0, 0.1) is 18.2 Å². The number of carboxylic acid groups (broad SMARTS) is 1. The van der Waals surface area contributed by atoms with Gasteiger partial charge < -0.3 is 19.6 Å². The zero-order chi connectivity index (χ0) is 31.3. The number of aromatic nitrogens is 1. The number of alkyl halides is 2. The maximum Gasteiger partial charge on any atom is 0.338 e. The van der Waals surface area contributed by atoms with Crippen LogP contribution in [-0.4, -0.2) is 89.0 Å². The average Bonchev–Trinajstić information content (AvgIpc) is 3.63.